The summed E-state index contributed by atoms with van der Waals surface area (Å²) in [5.41, 5.74) is 2.76. The maximum absolute atomic E-state index is 2.61. The smallest absolute Gasteiger partial charge is 0.00830 e. The lowest BCUT2D eigenvalue weighted by Crippen LogP contribution is -2.43. The quantitative estimate of drug-likeness (QED) is 0.519. The zero-order valence-corrected chi connectivity index (χ0v) is 12.5. The number of rotatable bonds is 1. The van der Waals surface area contributed by atoms with Gasteiger partial charge in [-0.05, 0) is 61.2 Å². The van der Waals surface area contributed by atoms with Gasteiger partial charge in [-0.2, -0.15) is 0 Å². The van der Waals surface area contributed by atoms with Crippen molar-refractivity contribution < 1.29 is 0 Å². The minimum absolute atomic E-state index is 0.452. The van der Waals surface area contributed by atoms with Crippen LogP contribution in [0.15, 0.2) is 11.6 Å². The second-order valence-corrected chi connectivity index (χ2v) is 7.55. The van der Waals surface area contributed by atoms with E-state index >= 15 is 0 Å². The van der Waals surface area contributed by atoms with Crippen LogP contribution in [-0.4, -0.2) is 0 Å². The summed E-state index contributed by atoms with van der Waals surface area (Å²) in [6.45, 7) is 12.3. The number of fused-ring (bicyclic) bond motifs is 1. The first-order chi connectivity index (χ1) is 7.89. The van der Waals surface area contributed by atoms with Crippen LogP contribution in [0, 0.1) is 22.7 Å². The molecule has 0 nitrogen and oxygen atoms in total. The van der Waals surface area contributed by atoms with E-state index in [9.17, 15) is 0 Å². The molecule has 0 aromatic heterocycles. The summed E-state index contributed by atoms with van der Waals surface area (Å²) in [5, 5.41) is 0. The standard InChI is InChI=1S/C17H30/c1-6-17(5)14-10-8-7-9-13(14)11-12-15(17)16(2,3)4/h10,13,15H,6-9,11-12H2,1-5H3. The molecule has 0 N–H and O–H groups in total. The van der Waals surface area contributed by atoms with Crippen molar-refractivity contribution in [1.29, 1.82) is 0 Å². The van der Waals surface area contributed by atoms with E-state index in [1.54, 1.807) is 0 Å². The second kappa shape index (κ2) is 4.44. The molecule has 0 bridgehead atoms. The number of hydrogen-bond acceptors (Lipinski definition) is 0. The minimum Gasteiger partial charge on any atom is -0.0845 e. The monoisotopic (exact) mass is 234 g/mol. The Morgan fingerprint density at radius 3 is 2.53 bits per heavy atom. The van der Waals surface area contributed by atoms with Crippen LogP contribution < -0.4 is 0 Å². The summed E-state index contributed by atoms with van der Waals surface area (Å²) in [6, 6.07) is 0. The molecule has 3 unspecified atom stereocenters. The maximum atomic E-state index is 2.61. The highest BCUT2D eigenvalue weighted by Crippen LogP contribution is 2.57. The third kappa shape index (κ3) is 2.20. The van der Waals surface area contributed by atoms with E-state index < -0.39 is 0 Å². The van der Waals surface area contributed by atoms with Crippen molar-refractivity contribution in [3.63, 3.8) is 0 Å². The van der Waals surface area contributed by atoms with Crippen LogP contribution in [0.25, 0.3) is 0 Å². The molecular formula is C17H30. The van der Waals surface area contributed by atoms with Crippen molar-refractivity contribution in [2.75, 3.05) is 0 Å². The molecule has 0 aliphatic heterocycles. The van der Waals surface area contributed by atoms with Gasteiger partial charge in [0.05, 0.1) is 0 Å². The fraction of sp³-hybridized carbons (Fsp3) is 0.882. The van der Waals surface area contributed by atoms with Gasteiger partial charge >= 0.3 is 0 Å². The van der Waals surface area contributed by atoms with Gasteiger partial charge in [0.25, 0.3) is 0 Å². The molecule has 17 heavy (non-hydrogen) atoms. The predicted molar refractivity (Wildman–Crippen MR) is 76.0 cm³/mol. The molecule has 2 aliphatic rings. The largest absolute Gasteiger partial charge is 0.0845 e. The molecule has 3 atom stereocenters. The van der Waals surface area contributed by atoms with E-state index in [2.05, 4.69) is 40.7 Å². The molecule has 0 heterocycles. The molecular weight excluding hydrogens is 204 g/mol. The van der Waals surface area contributed by atoms with Crippen molar-refractivity contribution in [3.8, 4) is 0 Å². The van der Waals surface area contributed by atoms with E-state index in [4.69, 9.17) is 0 Å². The van der Waals surface area contributed by atoms with Gasteiger partial charge in [0, 0.05) is 0 Å². The fourth-order valence-electron chi connectivity index (χ4n) is 4.67. The summed E-state index contributed by atoms with van der Waals surface area (Å²) >= 11 is 0. The summed E-state index contributed by atoms with van der Waals surface area (Å²) < 4.78 is 0. The van der Waals surface area contributed by atoms with Crippen molar-refractivity contribution >= 4 is 0 Å². The van der Waals surface area contributed by atoms with Gasteiger partial charge in [0.15, 0.2) is 0 Å². The zero-order chi connectivity index (χ0) is 12.7. The first-order valence-electron chi connectivity index (χ1n) is 7.60. The Hall–Kier alpha value is -0.260. The van der Waals surface area contributed by atoms with Crippen molar-refractivity contribution in [3.05, 3.63) is 11.6 Å². The van der Waals surface area contributed by atoms with Gasteiger partial charge in [-0.25, -0.2) is 0 Å². The van der Waals surface area contributed by atoms with Crippen molar-refractivity contribution in [2.24, 2.45) is 22.7 Å². The van der Waals surface area contributed by atoms with Crippen LogP contribution in [-0.2, 0) is 0 Å². The van der Waals surface area contributed by atoms with Gasteiger partial charge in [-0.3, -0.25) is 0 Å². The Morgan fingerprint density at radius 1 is 1.24 bits per heavy atom. The minimum atomic E-state index is 0.452. The number of allylic oxidation sites excluding steroid dienone is 2. The molecule has 0 spiro atoms. The highest BCUT2D eigenvalue weighted by atomic mass is 14.5. The Balaban J connectivity index is 2.36. The molecule has 0 amide bonds. The Kier molecular flexibility index (Phi) is 3.45. The Labute approximate surface area is 108 Å². The third-order valence-corrected chi connectivity index (χ3v) is 5.57. The van der Waals surface area contributed by atoms with Gasteiger partial charge in [0.2, 0.25) is 0 Å². The van der Waals surface area contributed by atoms with Crippen LogP contribution in [0.1, 0.15) is 73.1 Å². The maximum Gasteiger partial charge on any atom is -0.00830 e. The van der Waals surface area contributed by atoms with Gasteiger partial charge in [-0.15, -0.1) is 0 Å². The van der Waals surface area contributed by atoms with Crippen LogP contribution >= 0.6 is 0 Å². The highest BCUT2D eigenvalue weighted by Gasteiger charge is 2.47. The summed E-state index contributed by atoms with van der Waals surface area (Å²) in [7, 11) is 0. The molecule has 2 rings (SSSR count). The molecule has 0 aromatic carbocycles. The lowest BCUT2D eigenvalue weighted by atomic mass is 9.52. The van der Waals surface area contributed by atoms with E-state index in [1.165, 1.54) is 38.5 Å². The average Bonchev–Trinajstić information content (AvgIpc) is 2.28. The first-order valence-corrected chi connectivity index (χ1v) is 7.60. The Bertz CT molecular complexity index is 304. The summed E-state index contributed by atoms with van der Waals surface area (Å²) in [6.07, 6.45) is 11.0. The van der Waals surface area contributed by atoms with Crippen LogP contribution in [0.2, 0.25) is 0 Å². The van der Waals surface area contributed by atoms with Gasteiger partial charge in [0.1, 0.15) is 0 Å². The van der Waals surface area contributed by atoms with E-state index in [1.807, 2.05) is 5.57 Å². The highest BCUT2D eigenvalue weighted by molar-refractivity contribution is 5.24. The predicted octanol–water partition coefficient (Wildman–Crippen LogP) is 5.59. The average molecular weight is 234 g/mol. The molecule has 98 valence electrons. The zero-order valence-electron chi connectivity index (χ0n) is 12.5. The van der Waals surface area contributed by atoms with Crippen LogP contribution in [0.5, 0.6) is 0 Å². The Morgan fingerprint density at radius 2 is 1.94 bits per heavy atom. The topological polar surface area (TPSA) is 0 Å². The van der Waals surface area contributed by atoms with Crippen LogP contribution in [0.3, 0.4) is 0 Å². The second-order valence-electron chi connectivity index (χ2n) is 7.55. The van der Waals surface area contributed by atoms with E-state index in [0.717, 1.165) is 11.8 Å². The lowest BCUT2D eigenvalue weighted by molar-refractivity contribution is 0.0446. The third-order valence-electron chi connectivity index (χ3n) is 5.57. The molecule has 1 saturated carbocycles. The summed E-state index contributed by atoms with van der Waals surface area (Å²) in [5.74, 6) is 1.79. The van der Waals surface area contributed by atoms with Crippen LogP contribution in [0.4, 0.5) is 0 Å². The molecule has 0 heteroatoms. The molecule has 0 radical (unpaired) electrons. The van der Waals surface area contributed by atoms with E-state index in [-0.39, 0.29) is 0 Å². The molecule has 0 saturated heterocycles. The first kappa shape index (κ1) is 13.2. The fourth-order valence-corrected chi connectivity index (χ4v) is 4.67. The lowest BCUT2D eigenvalue weighted by Gasteiger charge is -2.53. The van der Waals surface area contributed by atoms with Crippen molar-refractivity contribution in [1.82, 2.24) is 0 Å². The summed E-state index contributed by atoms with van der Waals surface area (Å²) in [4.78, 5) is 0. The molecule has 0 aromatic rings. The SMILES string of the molecule is CCC1(C)C2=CCCCC2CCC1C(C)(C)C. The van der Waals surface area contributed by atoms with Gasteiger partial charge < -0.3 is 0 Å². The number of hydrogen-bond donors (Lipinski definition) is 0. The molecule has 2 aliphatic carbocycles. The van der Waals surface area contributed by atoms with E-state index in [0.29, 0.717) is 10.8 Å². The van der Waals surface area contributed by atoms with Crippen molar-refractivity contribution in [2.45, 2.75) is 73.1 Å². The molecule has 1 fully saturated rings. The van der Waals surface area contributed by atoms with Gasteiger partial charge in [-0.1, -0.05) is 46.3 Å². The normalized spacial score (nSPS) is 38.5.